The molecule has 122 valence electrons. The van der Waals surface area contributed by atoms with Gasteiger partial charge >= 0.3 is 0 Å². The molecule has 0 bridgehead atoms. The van der Waals surface area contributed by atoms with Crippen LogP contribution in [0, 0.1) is 0 Å². The number of carbonyl (C=O) groups excluding carboxylic acids is 2. The van der Waals surface area contributed by atoms with Gasteiger partial charge in [0.15, 0.2) is 0 Å². The monoisotopic (exact) mass is 322 g/mol. The van der Waals surface area contributed by atoms with Crippen LogP contribution in [-0.4, -0.2) is 50.2 Å². The molecule has 0 radical (unpaired) electrons. The number of hydrogen-bond acceptors (Lipinski definition) is 4. The van der Waals surface area contributed by atoms with Crippen LogP contribution in [0.5, 0.6) is 0 Å². The minimum absolute atomic E-state index is 0.0474. The lowest BCUT2D eigenvalue weighted by Crippen LogP contribution is -2.40. The van der Waals surface area contributed by atoms with Gasteiger partial charge in [-0.25, -0.2) is 0 Å². The third-order valence-corrected chi connectivity index (χ3v) is 4.86. The van der Waals surface area contributed by atoms with Gasteiger partial charge in [-0.3, -0.25) is 19.6 Å². The van der Waals surface area contributed by atoms with Crippen molar-refractivity contribution in [3.8, 4) is 0 Å². The number of nitrogens with zero attached hydrogens (tertiary/aromatic N) is 4. The van der Waals surface area contributed by atoms with Crippen molar-refractivity contribution in [2.75, 3.05) is 6.54 Å². The van der Waals surface area contributed by atoms with Gasteiger partial charge in [-0.15, -0.1) is 0 Å². The van der Waals surface area contributed by atoms with E-state index in [9.17, 15) is 9.59 Å². The van der Waals surface area contributed by atoms with E-state index in [1.54, 1.807) is 30.7 Å². The number of aromatic nitrogens is 2. The van der Waals surface area contributed by atoms with E-state index in [1.165, 1.54) is 0 Å². The molecular formula is C18H18N4O2. The van der Waals surface area contributed by atoms with Gasteiger partial charge in [0.05, 0.1) is 12.1 Å². The van der Waals surface area contributed by atoms with Crippen LogP contribution in [0.25, 0.3) is 0 Å². The third kappa shape index (κ3) is 2.54. The van der Waals surface area contributed by atoms with Gasteiger partial charge in [0.1, 0.15) is 5.69 Å². The summed E-state index contributed by atoms with van der Waals surface area (Å²) in [6, 6.07) is 9.22. The second kappa shape index (κ2) is 6.03. The Hall–Kier alpha value is -2.76. The lowest BCUT2D eigenvalue weighted by molar-refractivity contribution is -0.129. The molecule has 2 aliphatic rings. The lowest BCUT2D eigenvalue weighted by atomic mass is 10.1. The average Bonchev–Trinajstić information content (AvgIpc) is 3.16. The van der Waals surface area contributed by atoms with Crippen molar-refractivity contribution >= 4 is 11.8 Å². The van der Waals surface area contributed by atoms with Crippen LogP contribution in [0.15, 0.2) is 48.9 Å². The van der Waals surface area contributed by atoms with Gasteiger partial charge in [-0.1, -0.05) is 6.07 Å². The van der Waals surface area contributed by atoms with Gasteiger partial charge < -0.3 is 9.80 Å². The highest BCUT2D eigenvalue weighted by atomic mass is 16.2. The number of rotatable bonds is 3. The smallest absolute Gasteiger partial charge is 0.272 e. The summed E-state index contributed by atoms with van der Waals surface area (Å²) in [6.07, 6.45) is 6.31. The van der Waals surface area contributed by atoms with E-state index in [2.05, 4.69) is 9.97 Å². The van der Waals surface area contributed by atoms with E-state index in [-0.39, 0.29) is 23.9 Å². The summed E-state index contributed by atoms with van der Waals surface area (Å²) in [4.78, 5) is 37.0. The predicted molar refractivity (Wildman–Crippen MR) is 86.9 cm³/mol. The third-order valence-electron chi connectivity index (χ3n) is 4.86. The first-order chi connectivity index (χ1) is 11.7. The maximum atomic E-state index is 12.7. The molecule has 0 aromatic carbocycles. The van der Waals surface area contributed by atoms with E-state index in [4.69, 9.17) is 0 Å². The molecule has 24 heavy (non-hydrogen) atoms. The Morgan fingerprint density at radius 1 is 1.12 bits per heavy atom. The number of likely N-dealkylation sites (tertiary alicyclic amines) is 2. The Morgan fingerprint density at radius 3 is 2.71 bits per heavy atom. The average molecular weight is 322 g/mol. The zero-order valence-electron chi connectivity index (χ0n) is 13.2. The molecule has 0 spiro atoms. The Kier molecular flexibility index (Phi) is 3.72. The van der Waals surface area contributed by atoms with Gasteiger partial charge in [0, 0.05) is 38.1 Å². The Labute approximate surface area is 140 Å². The van der Waals surface area contributed by atoms with Crippen LogP contribution in [0.2, 0.25) is 0 Å². The highest BCUT2D eigenvalue weighted by Gasteiger charge is 2.48. The van der Waals surface area contributed by atoms with Crippen LogP contribution < -0.4 is 0 Å². The zero-order valence-corrected chi connectivity index (χ0v) is 13.2. The molecule has 4 rings (SSSR count). The number of amides is 2. The molecule has 2 saturated heterocycles. The molecule has 2 aromatic heterocycles. The summed E-state index contributed by atoms with van der Waals surface area (Å²) in [5.74, 6) is 0.0296. The molecule has 0 unspecified atom stereocenters. The van der Waals surface area contributed by atoms with Gasteiger partial charge in [0.2, 0.25) is 5.91 Å². The fraction of sp³-hybridized carbons (Fsp3) is 0.333. The van der Waals surface area contributed by atoms with Crippen LogP contribution in [0.4, 0.5) is 0 Å². The van der Waals surface area contributed by atoms with Crippen molar-refractivity contribution in [1.82, 2.24) is 19.8 Å². The highest BCUT2D eigenvalue weighted by Crippen LogP contribution is 2.34. The van der Waals surface area contributed by atoms with Crippen LogP contribution in [-0.2, 0) is 11.3 Å². The molecule has 2 atom stereocenters. The molecule has 2 aliphatic heterocycles. The van der Waals surface area contributed by atoms with Crippen molar-refractivity contribution in [3.05, 3.63) is 60.2 Å². The minimum Gasteiger partial charge on any atom is -0.333 e. The van der Waals surface area contributed by atoms with E-state index < -0.39 is 0 Å². The maximum Gasteiger partial charge on any atom is 0.272 e. The largest absolute Gasteiger partial charge is 0.333 e. The first-order valence-corrected chi connectivity index (χ1v) is 8.14. The summed E-state index contributed by atoms with van der Waals surface area (Å²) in [5.41, 5.74) is 1.51. The van der Waals surface area contributed by atoms with E-state index in [0.717, 1.165) is 12.0 Å². The number of hydrogen-bond donors (Lipinski definition) is 0. The Balaban J connectivity index is 1.52. The summed E-state index contributed by atoms with van der Waals surface area (Å²) in [6.45, 7) is 1.25. The van der Waals surface area contributed by atoms with Crippen LogP contribution in [0.3, 0.4) is 0 Å². The standard InChI is InChI=1S/C18H18N4O2/c23-17-11-16-15(22(17)12-13-4-8-19-9-5-13)6-10-21(16)18(24)14-3-1-2-7-20-14/h1-5,7-9,15-16H,6,10-12H2/t15-,16+/m0/s1. The van der Waals surface area contributed by atoms with E-state index >= 15 is 0 Å². The zero-order chi connectivity index (χ0) is 16.5. The van der Waals surface area contributed by atoms with Gasteiger partial charge in [-0.2, -0.15) is 0 Å². The summed E-state index contributed by atoms with van der Waals surface area (Å²) >= 11 is 0. The topological polar surface area (TPSA) is 66.4 Å². The summed E-state index contributed by atoms with van der Waals surface area (Å²) < 4.78 is 0. The Morgan fingerprint density at radius 2 is 1.96 bits per heavy atom. The van der Waals surface area contributed by atoms with Gasteiger partial charge in [-0.05, 0) is 36.2 Å². The van der Waals surface area contributed by atoms with Crippen LogP contribution >= 0.6 is 0 Å². The van der Waals surface area contributed by atoms with Gasteiger partial charge in [0.25, 0.3) is 5.91 Å². The molecule has 6 heteroatoms. The molecule has 0 aliphatic carbocycles. The minimum atomic E-state index is -0.0818. The molecule has 2 fully saturated rings. The fourth-order valence-corrected chi connectivity index (χ4v) is 3.71. The second-order valence-electron chi connectivity index (χ2n) is 6.22. The van der Waals surface area contributed by atoms with Crippen molar-refractivity contribution in [1.29, 1.82) is 0 Å². The quantitative estimate of drug-likeness (QED) is 0.859. The first-order valence-electron chi connectivity index (χ1n) is 8.14. The highest BCUT2D eigenvalue weighted by molar-refractivity contribution is 5.93. The van der Waals surface area contributed by atoms with E-state index in [1.807, 2.05) is 28.0 Å². The van der Waals surface area contributed by atoms with Crippen molar-refractivity contribution in [3.63, 3.8) is 0 Å². The van der Waals surface area contributed by atoms with Crippen molar-refractivity contribution < 1.29 is 9.59 Å². The fourth-order valence-electron chi connectivity index (χ4n) is 3.71. The molecule has 2 aromatic rings. The van der Waals surface area contributed by atoms with Crippen molar-refractivity contribution in [2.45, 2.75) is 31.5 Å². The Bertz CT molecular complexity index is 750. The van der Waals surface area contributed by atoms with Crippen molar-refractivity contribution in [2.24, 2.45) is 0 Å². The lowest BCUT2D eigenvalue weighted by Gasteiger charge is -2.25. The summed E-state index contributed by atoms with van der Waals surface area (Å²) in [7, 11) is 0. The predicted octanol–water partition coefficient (Wildman–Crippen LogP) is 1.49. The van der Waals surface area contributed by atoms with E-state index in [0.29, 0.717) is 25.2 Å². The number of carbonyl (C=O) groups is 2. The normalized spacial score (nSPS) is 22.8. The van der Waals surface area contributed by atoms with Crippen LogP contribution in [0.1, 0.15) is 28.9 Å². The molecular weight excluding hydrogens is 304 g/mol. The number of fused-ring (bicyclic) bond motifs is 1. The molecule has 6 nitrogen and oxygen atoms in total. The maximum absolute atomic E-state index is 12.7. The number of pyridine rings is 2. The molecule has 4 heterocycles. The molecule has 2 amide bonds. The second-order valence-corrected chi connectivity index (χ2v) is 6.22. The molecule has 0 N–H and O–H groups in total. The summed E-state index contributed by atoms with van der Waals surface area (Å²) in [5, 5.41) is 0. The molecule has 0 saturated carbocycles. The first kappa shape index (κ1) is 14.8. The SMILES string of the molecule is O=C(c1ccccn1)N1CC[C@H]2[C@H]1CC(=O)N2Cc1ccncc1.